The van der Waals surface area contributed by atoms with E-state index in [4.69, 9.17) is 5.11 Å². The van der Waals surface area contributed by atoms with E-state index in [1.54, 1.807) is 0 Å². The maximum absolute atomic E-state index is 13.6. The topological polar surface area (TPSA) is 20.2 Å². The molecule has 0 bridgehead atoms. The van der Waals surface area contributed by atoms with Crippen molar-refractivity contribution in [3.8, 4) is 0 Å². The largest absolute Gasteiger partial charge is 0.391 e. The van der Waals surface area contributed by atoms with Gasteiger partial charge >= 0.3 is 0 Å². The first-order valence-electron chi connectivity index (χ1n) is 4.74. The number of hydrogen-bond donors (Lipinski definition) is 1. The summed E-state index contributed by atoms with van der Waals surface area (Å²) in [6.07, 6.45) is 0. The maximum atomic E-state index is 13.6. The molecule has 0 aliphatic rings. The Labute approximate surface area is 100 Å². The van der Waals surface area contributed by atoms with Crippen LogP contribution in [-0.4, -0.2) is 5.11 Å². The Morgan fingerprint density at radius 1 is 0.526 bits per heavy atom. The van der Waals surface area contributed by atoms with E-state index in [0.29, 0.717) is 0 Å². The molecule has 0 spiro atoms. The summed E-state index contributed by atoms with van der Waals surface area (Å²) < 4.78 is 92.7. The molecule has 0 aliphatic heterocycles. The lowest BCUT2D eigenvalue weighted by Crippen LogP contribution is -2.07. The Bertz CT molecular complexity index is 696. The minimum atomic E-state index is -2.39. The molecule has 0 heterocycles. The van der Waals surface area contributed by atoms with E-state index in [1.807, 2.05) is 0 Å². The lowest BCUT2D eigenvalue weighted by atomic mass is 10.0. The van der Waals surface area contributed by atoms with Gasteiger partial charge in [0, 0.05) is 0 Å². The van der Waals surface area contributed by atoms with Gasteiger partial charge in [-0.1, -0.05) is 0 Å². The fourth-order valence-electron chi connectivity index (χ4n) is 1.67. The molecule has 8 heteroatoms. The van der Waals surface area contributed by atoms with Crippen molar-refractivity contribution in [1.29, 1.82) is 0 Å². The molecule has 2 rings (SSSR count). The molecule has 0 aromatic heterocycles. The van der Waals surface area contributed by atoms with Gasteiger partial charge in [0.05, 0.1) is 22.9 Å². The molecular weight excluding hydrogens is 281 g/mol. The van der Waals surface area contributed by atoms with Gasteiger partial charge in [-0.05, 0) is 0 Å². The first-order valence-corrected chi connectivity index (χ1v) is 4.74. The molecule has 0 unspecified atom stereocenters. The summed E-state index contributed by atoms with van der Waals surface area (Å²) in [5, 5.41) is 5.35. The highest BCUT2D eigenvalue weighted by Crippen LogP contribution is 2.34. The van der Waals surface area contributed by atoms with Crippen LogP contribution in [0.5, 0.6) is 0 Å². The standard InChI is InChI=1S/C11H3F7O/c12-5-2(1-19)6(13)7(14)4-3(5)8(15)10(17)11(18)9(4)16/h19H,1H2. The number of fused-ring (bicyclic) bond motifs is 1. The molecule has 1 N–H and O–H groups in total. The van der Waals surface area contributed by atoms with Crippen LogP contribution in [-0.2, 0) is 6.61 Å². The molecule has 0 amide bonds. The second-order valence-corrected chi connectivity index (χ2v) is 3.58. The average molecular weight is 284 g/mol. The molecule has 102 valence electrons. The highest BCUT2D eigenvalue weighted by Gasteiger charge is 2.29. The van der Waals surface area contributed by atoms with Gasteiger partial charge in [-0.15, -0.1) is 0 Å². The van der Waals surface area contributed by atoms with Crippen LogP contribution in [0.15, 0.2) is 0 Å². The number of aliphatic hydroxyl groups excluding tert-OH is 1. The molecule has 0 saturated heterocycles. The van der Waals surface area contributed by atoms with Crippen molar-refractivity contribution >= 4 is 10.8 Å². The predicted octanol–water partition coefficient (Wildman–Crippen LogP) is 3.31. The van der Waals surface area contributed by atoms with E-state index < -0.39 is 63.7 Å². The van der Waals surface area contributed by atoms with Gasteiger partial charge in [-0.3, -0.25) is 0 Å². The summed E-state index contributed by atoms with van der Waals surface area (Å²) in [4.78, 5) is 0. The summed E-state index contributed by atoms with van der Waals surface area (Å²) in [5.74, 6) is -15.2. The van der Waals surface area contributed by atoms with Crippen molar-refractivity contribution in [3.63, 3.8) is 0 Å². The van der Waals surface area contributed by atoms with E-state index in [9.17, 15) is 30.7 Å². The van der Waals surface area contributed by atoms with Crippen LogP contribution in [0.3, 0.4) is 0 Å². The SMILES string of the molecule is OCc1c(F)c(F)c2c(F)c(F)c(F)c(F)c2c1F. The van der Waals surface area contributed by atoms with E-state index in [-0.39, 0.29) is 0 Å². The first kappa shape index (κ1) is 13.6. The smallest absolute Gasteiger partial charge is 0.198 e. The Morgan fingerprint density at radius 2 is 0.895 bits per heavy atom. The zero-order valence-corrected chi connectivity index (χ0v) is 8.80. The average Bonchev–Trinajstić information content (AvgIpc) is 2.38. The molecule has 19 heavy (non-hydrogen) atoms. The molecule has 0 fully saturated rings. The molecular formula is C11H3F7O. The van der Waals surface area contributed by atoms with E-state index in [2.05, 4.69) is 0 Å². The summed E-state index contributed by atoms with van der Waals surface area (Å²) in [5.41, 5.74) is -1.31. The van der Waals surface area contributed by atoms with Crippen molar-refractivity contribution in [1.82, 2.24) is 0 Å². The number of aliphatic hydroxyl groups is 1. The van der Waals surface area contributed by atoms with Crippen molar-refractivity contribution in [2.75, 3.05) is 0 Å². The van der Waals surface area contributed by atoms with Crippen molar-refractivity contribution < 1.29 is 35.8 Å². The third kappa shape index (κ3) is 1.66. The number of benzene rings is 2. The van der Waals surface area contributed by atoms with Crippen LogP contribution in [0.4, 0.5) is 30.7 Å². The second-order valence-electron chi connectivity index (χ2n) is 3.58. The Hall–Kier alpha value is -1.83. The Morgan fingerprint density at radius 3 is 1.32 bits per heavy atom. The summed E-state index contributed by atoms with van der Waals surface area (Å²) in [6.45, 7) is -1.37. The van der Waals surface area contributed by atoms with Crippen LogP contribution in [0, 0.1) is 40.7 Å². The van der Waals surface area contributed by atoms with Crippen LogP contribution in [0.1, 0.15) is 5.56 Å². The van der Waals surface area contributed by atoms with Gasteiger partial charge in [0.2, 0.25) is 0 Å². The van der Waals surface area contributed by atoms with Crippen molar-refractivity contribution in [2.24, 2.45) is 0 Å². The number of rotatable bonds is 1. The molecule has 0 atom stereocenters. The van der Waals surface area contributed by atoms with Gasteiger partial charge < -0.3 is 5.11 Å². The zero-order chi connectivity index (χ0) is 14.5. The second kappa shape index (κ2) is 4.37. The predicted molar refractivity (Wildman–Crippen MR) is 49.6 cm³/mol. The Balaban J connectivity index is 3.18. The summed E-state index contributed by atoms with van der Waals surface area (Å²) >= 11 is 0. The minimum absolute atomic E-state index is 1.31. The van der Waals surface area contributed by atoms with Crippen LogP contribution < -0.4 is 0 Å². The zero-order valence-electron chi connectivity index (χ0n) is 8.80. The molecule has 2 aromatic carbocycles. The van der Waals surface area contributed by atoms with Crippen LogP contribution >= 0.6 is 0 Å². The van der Waals surface area contributed by atoms with Gasteiger partial charge in [0.15, 0.2) is 34.9 Å². The first-order chi connectivity index (χ1) is 8.82. The van der Waals surface area contributed by atoms with Gasteiger partial charge in [-0.25, -0.2) is 30.7 Å². The van der Waals surface area contributed by atoms with Gasteiger partial charge in [0.1, 0.15) is 5.82 Å². The fourth-order valence-corrected chi connectivity index (χ4v) is 1.67. The number of halogens is 7. The highest BCUT2D eigenvalue weighted by atomic mass is 19.2. The molecule has 0 saturated carbocycles. The van der Waals surface area contributed by atoms with Crippen molar-refractivity contribution in [3.05, 3.63) is 46.3 Å². The normalized spacial score (nSPS) is 11.4. The van der Waals surface area contributed by atoms with Crippen molar-refractivity contribution in [2.45, 2.75) is 6.61 Å². The maximum Gasteiger partial charge on any atom is 0.198 e. The van der Waals surface area contributed by atoms with E-state index in [0.717, 1.165) is 0 Å². The van der Waals surface area contributed by atoms with E-state index in [1.165, 1.54) is 0 Å². The Kier molecular flexibility index (Phi) is 3.13. The molecule has 1 nitrogen and oxygen atoms in total. The monoisotopic (exact) mass is 284 g/mol. The summed E-state index contributed by atoms with van der Waals surface area (Å²) in [6, 6.07) is 0. The molecule has 0 radical (unpaired) electrons. The fraction of sp³-hybridized carbons (Fsp3) is 0.0909. The minimum Gasteiger partial charge on any atom is -0.391 e. The third-order valence-corrected chi connectivity index (χ3v) is 2.59. The quantitative estimate of drug-likeness (QED) is 0.484. The third-order valence-electron chi connectivity index (χ3n) is 2.59. The van der Waals surface area contributed by atoms with Crippen LogP contribution in [0.2, 0.25) is 0 Å². The molecule has 2 aromatic rings. The lowest BCUT2D eigenvalue weighted by molar-refractivity contribution is 0.267. The lowest BCUT2D eigenvalue weighted by Gasteiger charge is -2.10. The summed E-state index contributed by atoms with van der Waals surface area (Å²) in [7, 11) is 0. The van der Waals surface area contributed by atoms with Crippen LogP contribution in [0.25, 0.3) is 10.8 Å². The van der Waals surface area contributed by atoms with Gasteiger partial charge in [0.25, 0.3) is 0 Å². The van der Waals surface area contributed by atoms with Gasteiger partial charge in [-0.2, -0.15) is 0 Å². The van der Waals surface area contributed by atoms with E-state index >= 15 is 0 Å². The molecule has 0 aliphatic carbocycles. The number of hydrogen-bond acceptors (Lipinski definition) is 1. The highest BCUT2D eigenvalue weighted by molar-refractivity contribution is 5.86.